The summed E-state index contributed by atoms with van der Waals surface area (Å²) in [4.78, 5) is 8.97. The molecule has 0 fully saturated rings. The van der Waals surface area contributed by atoms with Crippen LogP contribution in [0.1, 0.15) is 13.3 Å². The Morgan fingerprint density at radius 2 is 1.92 bits per heavy atom. The van der Waals surface area contributed by atoms with Crippen LogP contribution in [0.4, 0.5) is 0 Å². The average Bonchev–Trinajstić information content (AvgIpc) is 1.85. The molecule has 0 aromatic carbocycles. The van der Waals surface area contributed by atoms with Crippen LogP contribution in [0.2, 0.25) is 0 Å². The van der Waals surface area contributed by atoms with Gasteiger partial charge in [0.15, 0.2) is 0 Å². The molecular formula is C5H13O6P. The largest absolute Gasteiger partial charge is 0.343 e. The summed E-state index contributed by atoms with van der Waals surface area (Å²) < 4.78 is 15.2. The quantitative estimate of drug-likeness (QED) is 0.350. The normalized spacial score (nSPS) is 20.2. The number of rotatable bonds is 4. The fourth-order valence-electron chi connectivity index (χ4n) is 0.851. The Morgan fingerprint density at radius 1 is 1.50 bits per heavy atom. The Balaban J connectivity index is 4.69. The Kier molecular flexibility index (Phi) is 3.84. The molecule has 0 aromatic rings. The maximum atomic E-state index is 11.0. The third-order valence-corrected chi connectivity index (χ3v) is 3.51. The lowest BCUT2D eigenvalue weighted by Gasteiger charge is -2.27. The van der Waals surface area contributed by atoms with Crippen molar-refractivity contribution in [1.29, 1.82) is 0 Å². The van der Waals surface area contributed by atoms with E-state index in [2.05, 4.69) is 4.52 Å². The van der Waals surface area contributed by atoms with Crippen molar-refractivity contribution in [3.63, 3.8) is 0 Å². The first-order chi connectivity index (χ1) is 5.25. The molecule has 0 aliphatic heterocycles. The molecule has 0 aliphatic carbocycles. The summed E-state index contributed by atoms with van der Waals surface area (Å²) in [5.74, 6) is -3.19. The monoisotopic (exact) mass is 200 g/mol. The van der Waals surface area contributed by atoms with E-state index in [1.807, 2.05) is 0 Å². The zero-order chi connectivity index (χ0) is 9.99. The second kappa shape index (κ2) is 3.83. The zero-order valence-electron chi connectivity index (χ0n) is 6.84. The van der Waals surface area contributed by atoms with Gasteiger partial charge in [0, 0.05) is 7.11 Å². The van der Waals surface area contributed by atoms with Crippen molar-refractivity contribution in [3.8, 4) is 0 Å². The highest BCUT2D eigenvalue weighted by Gasteiger charge is 2.45. The van der Waals surface area contributed by atoms with E-state index in [0.717, 1.165) is 7.11 Å². The van der Waals surface area contributed by atoms with Crippen LogP contribution in [0.3, 0.4) is 0 Å². The lowest BCUT2D eigenvalue weighted by Crippen LogP contribution is -2.41. The van der Waals surface area contributed by atoms with Crippen molar-refractivity contribution in [2.24, 2.45) is 0 Å². The summed E-state index contributed by atoms with van der Waals surface area (Å²) in [6, 6.07) is 0. The van der Waals surface area contributed by atoms with E-state index in [0.29, 0.717) is 0 Å². The molecule has 0 radical (unpaired) electrons. The molecule has 0 amide bonds. The van der Waals surface area contributed by atoms with Gasteiger partial charge in [-0.3, -0.25) is 4.57 Å². The van der Waals surface area contributed by atoms with Gasteiger partial charge in [-0.25, -0.2) is 0 Å². The van der Waals surface area contributed by atoms with Gasteiger partial charge in [0.25, 0.3) is 5.97 Å². The molecule has 0 spiro atoms. The molecule has 0 saturated heterocycles. The molecule has 0 heterocycles. The van der Waals surface area contributed by atoms with Crippen LogP contribution in [0.5, 0.6) is 0 Å². The smallest absolute Gasteiger partial charge is 0.339 e. The second-order valence-corrected chi connectivity index (χ2v) is 4.47. The highest BCUT2D eigenvalue weighted by atomic mass is 31.2. The summed E-state index contributed by atoms with van der Waals surface area (Å²) in [6.45, 7) is 1.42. The van der Waals surface area contributed by atoms with Crippen molar-refractivity contribution in [3.05, 3.63) is 0 Å². The van der Waals surface area contributed by atoms with E-state index in [9.17, 15) is 4.57 Å². The van der Waals surface area contributed by atoms with Crippen molar-refractivity contribution in [2.45, 2.75) is 25.0 Å². The molecule has 6 nitrogen and oxygen atoms in total. The van der Waals surface area contributed by atoms with Gasteiger partial charge in [-0.2, -0.15) is 0 Å². The Hall–Kier alpha value is 0.0300. The molecule has 0 rings (SSSR count). The van der Waals surface area contributed by atoms with Crippen molar-refractivity contribution < 1.29 is 29.3 Å². The first kappa shape index (κ1) is 12.0. The highest BCUT2D eigenvalue weighted by molar-refractivity contribution is 7.53. The standard InChI is InChI=1S/C5H13O6P/c1-3-4(5(6,7)8)12(9,10)11-2/h4,6-8H,3H2,1-2H3,(H,9,10). The number of hydrogen-bond donors (Lipinski definition) is 4. The van der Waals surface area contributed by atoms with E-state index in [1.165, 1.54) is 6.92 Å². The lowest BCUT2D eigenvalue weighted by molar-refractivity contribution is -0.313. The minimum Gasteiger partial charge on any atom is -0.343 e. The molecule has 4 N–H and O–H groups in total. The number of aliphatic hydroxyl groups is 3. The third-order valence-electron chi connectivity index (χ3n) is 1.49. The Labute approximate surface area is 70.0 Å². The predicted octanol–water partition coefficient (Wildman–Crippen LogP) is -0.773. The van der Waals surface area contributed by atoms with E-state index in [1.54, 1.807) is 0 Å². The highest BCUT2D eigenvalue weighted by Crippen LogP contribution is 2.51. The molecule has 7 heteroatoms. The first-order valence-corrected chi connectivity index (χ1v) is 4.95. The van der Waals surface area contributed by atoms with E-state index < -0.39 is 19.2 Å². The fraction of sp³-hybridized carbons (Fsp3) is 1.00. The first-order valence-electron chi connectivity index (χ1n) is 3.31. The summed E-state index contributed by atoms with van der Waals surface area (Å²) >= 11 is 0. The van der Waals surface area contributed by atoms with Crippen LogP contribution in [-0.4, -0.2) is 39.0 Å². The van der Waals surface area contributed by atoms with E-state index in [4.69, 9.17) is 20.2 Å². The number of hydrogen-bond acceptors (Lipinski definition) is 5. The SMILES string of the molecule is CCC(C(O)(O)O)P(=O)(O)OC. The summed E-state index contributed by atoms with van der Waals surface area (Å²) in [5.41, 5.74) is -1.62. The van der Waals surface area contributed by atoms with Crippen molar-refractivity contribution >= 4 is 7.60 Å². The van der Waals surface area contributed by atoms with Gasteiger partial charge in [-0.05, 0) is 6.42 Å². The van der Waals surface area contributed by atoms with E-state index >= 15 is 0 Å². The van der Waals surface area contributed by atoms with Gasteiger partial charge >= 0.3 is 7.60 Å². The van der Waals surface area contributed by atoms with Gasteiger partial charge in [0.05, 0.1) is 0 Å². The van der Waals surface area contributed by atoms with Gasteiger partial charge < -0.3 is 24.7 Å². The van der Waals surface area contributed by atoms with Crippen LogP contribution in [0, 0.1) is 0 Å². The predicted molar refractivity (Wildman–Crippen MR) is 40.3 cm³/mol. The second-order valence-electron chi connectivity index (χ2n) is 2.36. The molecule has 2 atom stereocenters. The molecule has 0 aromatic heterocycles. The minimum absolute atomic E-state index is 0.0921. The van der Waals surface area contributed by atoms with Crippen LogP contribution in [0.15, 0.2) is 0 Å². The van der Waals surface area contributed by atoms with Crippen molar-refractivity contribution in [1.82, 2.24) is 0 Å². The van der Waals surface area contributed by atoms with Crippen LogP contribution in [0.25, 0.3) is 0 Å². The van der Waals surface area contributed by atoms with Gasteiger partial charge in [0.2, 0.25) is 0 Å². The van der Waals surface area contributed by atoms with Crippen LogP contribution in [-0.2, 0) is 9.09 Å². The van der Waals surface area contributed by atoms with E-state index in [-0.39, 0.29) is 6.42 Å². The maximum Gasteiger partial charge on any atom is 0.339 e. The van der Waals surface area contributed by atoms with Gasteiger partial charge in [-0.15, -0.1) is 0 Å². The molecule has 74 valence electrons. The average molecular weight is 200 g/mol. The zero-order valence-corrected chi connectivity index (χ0v) is 7.73. The Bertz CT molecular complexity index is 185. The summed E-state index contributed by atoms with van der Waals surface area (Å²) in [7, 11) is -3.20. The summed E-state index contributed by atoms with van der Waals surface area (Å²) in [6.07, 6.45) is -0.0921. The topological polar surface area (TPSA) is 107 Å². The lowest BCUT2D eigenvalue weighted by atomic mass is 10.3. The van der Waals surface area contributed by atoms with Gasteiger partial charge in [-0.1, -0.05) is 6.92 Å². The molecule has 0 aliphatic rings. The van der Waals surface area contributed by atoms with Crippen LogP contribution < -0.4 is 0 Å². The molecule has 2 unspecified atom stereocenters. The van der Waals surface area contributed by atoms with Gasteiger partial charge in [0.1, 0.15) is 5.66 Å². The molecule has 0 bridgehead atoms. The van der Waals surface area contributed by atoms with Crippen LogP contribution >= 0.6 is 7.60 Å². The fourth-order valence-corrected chi connectivity index (χ4v) is 2.00. The molecule has 12 heavy (non-hydrogen) atoms. The Morgan fingerprint density at radius 3 is 2.00 bits per heavy atom. The van der Waals surface area contributed by atoms with Crippen molar-refractivity contribution in [2.75, 3.05) is 7.11 Å². The minimum atomic E-state index is -4.16. The third kappa shape index (κ3) is 2.82. The summed E-state index contributed by atoms with van der Waals surface area (Å²) in [5, 5.41) is 25.9. The molecule has 0 saturated carbocycles. The maximum absolute atomic E-state index is 11.0. The molecular weight excluding hydrogens is 187 g/mol.